The lowest BCUT2D eigenvalue weighted by atomic mass is 10.3. The lowest BCUT2D eigenvalue weighted by Gasteiger charge is -2.11. The first kappa shape index (κ1) is 14.7. The Hall–Kier alpha value is -1.37. The van der Waals surface area contributed by atoms with Gasteiger partial charge >= 0.3 is 12.6 Å². The smallest absolute Gasteiger partial charge is 0.387 e. The standard InChI is InChI=1S/C11H12BrF2NO3/c1-17-10(16)9(12)6-15-7-2-4-8(5-3-7)18-11(13)14/h2-5,9,11,15H,6H2,1H3. The lowest BCUT2D eigenvalue weighted by Crippen LogP contribution is -2.24. The Morgan fingerprint density at radius 2 is 2.00 bits per heavy atom. The van der Waals surface area contributed by atoms with Crippen LogP contribution in [0.4, 0.5) is 14.5 Å². The molecule has 0 aromatic heterocycles. The van der Waals surface area contributed by atoms with Crippen LogP contribution in [0.5, 0.6) is 5.75 Å². The molecule has 100 valence electrons. The molecule has 0 amide bonds. The van der Waals surface area contributed by atoms with Gasteiger partial charge in [0.1, 0.15) is 10.6 Å². The van der Waals surface area contributed by atoms with Gasteiger partial charge in [0, 0.05) is 12.2 Å². The van der Waals surface area contributed by atoms with Gasteiger partial charge in [0.15, 0.2) is 0 Å². The molecule has 1 aromatic carbocycles. The van der Waals surface area contributed by atoms with Gasteiger partial charge in [-0.25, -0.2) is 0 Å². The Morgan fingerprint density at radius 1 is 1.39 bits per heavy atom. The molecule has 7 heteroatoms. The summed E-state index contributed by atoms with van der Waals surface area (Å²) >= 11 is 3.15. The molecular weight excluding hydrogens is 312 g/mol. The second-order valence-corrected chi connectivity index (χ2v) is 4.38. The summed E-state index contributed by atoms with van der Waals surface area (Å²) in [7, 11) is 1.30. The molecule has 0 spiro atoms. The molecule has 1 aromatic rings. The number of rotatable bonds is 6. The van der Waals surface area contributed by atoms with Crippen molar-refractivity contribution in [1.29, 1.82) is 0 Å². The van der Waals surface area contributed by atoms with Gasteiger partial charge in [0.25, 0.3) is 0 Å². The normalized spacial score (nSPS) is 12.1. The van der Waals surface area contributed by atoms with E-state index in [0.29, 0.717) is 12.2 Å². The molecule has 0 aliphatic heterocycles. The van der Waals surface area contributed by atoms with Crippen molar-refractivity contribution in [3.05, 3.63) is 24.3 Å². The average Bonchev–Trinajstić information content (AvgIpc) is 2.36. The van der Waals surface area contributed by atoms with E-state index in [1.165, 1.54) is 19.2 Å². The highest BCUT2D eigenvalue weighted by Gasteiger charge is 2.14. The fourth-order valence-electron chi connectivity index (χ4n) is 1.17. The van der Waals surface area contributed by atoms with Gasteiger partial charge in [0.05, 0.1) is 7.11 Å². The Balaban J connectivity index is 2.46. The molecule has 1 atom stereocenters. The van der Waals surface area contributed by atoms with E-state index in [9.17, 15) is 13.6 Å². The minimum Gasteiger partial charge on any atom is -0.468 e. The third-order valence-corrected chi connectivity index (χ3v) is 2.72. The summed E-state index contributed by atoms with van der Waals surface area (Å²) in [5.74, 6) is -0.306. The van der Waals surface area contributed by atoms with E-state index in [-0.39, 0.29) is 11.7 Å². The van der Waals surface area contributed by atoms with Crippen molar-refractivity contribution in [2.45, 2.75) is 11.4 Å². The highest BCUT2D eigenvalue weighted by Crippen LogP contribution is 2.18. The molecule has 0 bridgehead atoms. The maximum Gasteiger partial charge on any atom is 0.387 e. The number of alkyl halides is 3. The number of nitrogens with one attached hydrogen (secondary N) is 1. The zero-order chi connectivity index (χ0) is 13.5. The van der Waals surface area contributed by atoms with E-state index >= 15 is 0 Å². The largest absolute Gasteiger partial charge is 0.468 e. The number of benzene rings is 1. The van der Waals surface area contributed by atoms with Gasteiger partial charge in [-0.1, -0.05) is 15.9 Å². The van der Waals surface area contributed by atoms with E-state index < -0.39 is 11.4 Å². The van der Waals surface area contributed by atoms with E-state index in [4.69, 9.17) is 0 Å². The molecule has 0 fully saturated rings. The van der Waals surface area contributed by atoms with Gasteiger partial charge in [0.2, 0.25) is 0 Å². The van der Waals surface area contributed by atoms with Gasteiger partial charge in [-0.2, -0.15) is 8.78 Å². The van der Waals surface area contributed by atoms with E-state index in [1.54, 1.807) is 12.1 Å². The molecule has 18 heavy (non-hydrogen) atoms. The first-order valence-electron chi connectivity index (χ1n) is 5.03. The molecule has 0 saturated heterocycles. The van der Waals surface area contributed by atoms with Crippen LogP contribution in [-0.2, 0) is 9.53 Å². The van der Waals surface area contributed by atoms with Crippen molar-refractivity contribution >= 4 is 27.6 Å². The van der Waals surface area contributed by atoms with E-state index in [2.05, 4.69) is 30.7 Å². The van der Waals surface area contributed by atoms with Crippen molar-refractivity contribution in [3.63, 3.8) is 0 Å². The number of anilines is 1. The molecule has 1 N–H and O–H groups in total. The first-order chi connectivity index (χ1) is 8.52. The highest BCUT2D eigenvalue weighted by atomic mass is 79.9. The SMILES string of the molecule is COC(=O)C(Br)CNc1ccc(OC(F)F)cc1. The van der Waals surface area contributed by atoms with Crippen LogP contribution in [0.25, 0.3) is 0 Å². The molecule has 0 saturated carbocycles. The zero-order valence-electron chi connectivity index (χ0n) is 9.53. The first-order valence-corrected chi connectivity index (χ1v) is 5.95. The number of carbonyl (C=O) groups excluding carboxylic acids is 1. The average molecular weight is 324 g/mol. The summed E-state index contributed by atoms with van der Waals surface area (Å²) in [5.41, 5.74) is 0.685. The van der Waals surface area contributed by atoms with E-state index in [1.807, 2.05) is 0 Å². The summed E-state index contributed by atoms with van der Waals surface area (Å²) in [6.45, 7) is -2.52. The summed E-state index contributed by atoms with van der Waals surface area (Å²) < 4.78 is 32.6. The second kappa shape index (κ2) is 7.15. The molecular formula is C11H12BrF2NO3. The van der Waals surface area contributed by atoms with Crippen LogP contribution in [0.3, 0.4) is 0 Å². The number of methoxy groups -OCH3 is 1. The number of hydrogen-bond acceptors (Lipinski definition) is 4. The molecule has 0 radical (unpaired) electrons. The van der Waals surface area contributed by atoms with Crippen molar-refractivity contribution in [2.75, 3.05) is 19.0 Å². The van der Waals surface area contributed by atoms with Crippen LogP contribution in [0.2, 0.25) is 0 Å². The molecule has 0 heterocycles. The lowest BCUT2D eigenvalue weighted by molar-refractivity contribution is -0.139. The van der Waals surface area contributed by atoms with Crippen LogP contribution in [0, 0.1) is 0 Å². The van der Waals surface area contributed by atoms with Crippen molar-refractivity contribution < 1.29 is 23.0 Å². The van der Waals surface area contributed by atoms with Gasteiger partial charge in [-0.15, -0.1) is 0 Å². The van der Waals surface area contributed by atoms with E-state index in [0.717, 1.165) is 0 Å². The molecule has 0 aliphatic rings. The second-order valence-electron chi connectivity index (χ2n) is 3.27. The van der Waals surface area contributed by atoms with Gasteiger partial charge < -0.3 is 14.8 Å². The van der Waals surface area contributed by atoms with Crippen molar-refractivity contribution in [1.82, 2.24) is 0 Å². The molecule has 1 rings (SSSR count). The minimum absolute atomic E-state index is 0.0823. The molecule has 1 unspecified atom stereocenters. The number of carbonyl (C=O) groups is 1. The maximum absolute atomic E-state index is 11.9. The predicted octanol–water partition coefficient (Wildman–Crippen LogP) is 2.64. The maximum atomic E-state index is 11.9. The van der Waals surface area contributed by atoms with Crippen molar-refractivity contribution in [2.24, 2.45) is 0 Å². The summed E-state index contributed by atoms with van der Waals surface area (Å²) in [5, 5.41) is 2.95. The fourth-order valence-corrected chi connectivity index (χ4v) is 1.52. The van der Waals surface area contributed by atoms with Crippen LogP contribution >= 0.6 is 15.9 Å². The van der Waals surface area contributed by atoms with Crippen LogP contribution < -0.4 is 10.1 Å². The zero-order valence-corrected chi connectivity index (χ0v) is 11.1. The molecule has 0 aliphatic carbocycles. The Bertz CT molecular complexity index is 386. The number of hydrogen-bond donors (Lipinski definition) is 1. The van der Waals surface area contributed by atoms with Gasteiger partial charge in [-0.3, -0.25) is 4.79 Å². The third kappa shape index (κ3) is 4.87. The third-order valence-electron chi connectivity index (χ3n) is 2.02. The van der Waals surface area contributed by atoms with Crippen LogP contribution in [0.1, 0.15) is 0 Å². The monoisotopic (exact) mass is 323 g/mol. The number of ether oxygens (including phenoxy) is 2. The Kier molecular flexibility index (Phi) is 5.84. The number of esters is 1. The van der Waals surface area contributed by atoms with Crippen LogP contribution in [-0.4, -0.2) is 31.1 Å². The number of halogens is 3. The minimum atomic E-state index is -2.84. The summed E-state index contributed by atoms with van der Waals surface area (Å²) in [6.07, 6.45) is 0. The summed E-state index contributed by atoms with van der Waals surface area (Å²) in [4.78, 5) is 10.6. The Morgan fingerprint density at radius 3 is 2.50 bits per heavy atom. The molecule has 4 nitrogen and oxygen atoms in total. The topological polar surface area (TPSA) is 47.6 Å². The summed E-state index contributed by atoms with van der Waals surface area (Å²) in [6, 6.07) is 5.98. The Labute approximate surface area is 111 Å². The fraction of sp³-hybridized carbons (Fsp3) is 0.364. The van der Waals surface area contributed by atoms with Crippen molar-refractivity contribution in [3.8, 4) is 5.75 Å². The quantitative estimate of drug-likeness (QED) is 0.646. The van der Waals surface area contributed by atoms with Gasteiger partial charge in [-0.05, 0) is 24.3 Å². The van der Waals surface area contributed by atoms with Crippen LogP contribution in [0.15, 0.2) is 24.3 Å². The highest BCUT2D eigenvalue weighted by molar-refractivity contribution is 9.10. The predicted molar refractivity (Wildman–Crippen MR) is 66.3 cm³/mol.